The molecule has 2 aliphatic carbocycles. The number of nitrogens with two attached hydrogens (primary N) is 1. The predicted octanol–water partition coefficient (Wildman–Crippen LogP) is 3.90. The van der Waals surface area contributed by atoms with Gasteiger partial charge in [-0.15, -0.1) is 0 Å². The Kier molecular flexibility index (Phi) is 3.23. The Morgan fingerprint density at radius 3 is 2.83 bits per heavy atom. The van der Waals surface area contributed by atoms with E-state index in [-0.39, 0.29) is 11.2 Å². The minimum Gasteiger partial charge on any atom is -0.330 e. The Hall–Kier alpha value is -0.410. The second kappa shape index (κ2) is 4.61. The summed E-state index contributed by atoms with van der Waals surface area (Å²) in [5.41, 5.74) is 7.04. The van der Waals surface area contributed by atoms with Crippen molar-refractivity contribution in [2.45, 2.75) is 32.1 Å². The molecule has 2 fully saturated rings. The van der Waals surface area contributed by atoms with Crippen molar-refractivity contribution in [3.63, 3.8) is 0 Å². The van der Waals surface area contributed by atoms with Crippen LogP contribution in [0.1, 0.15) is 31.2 Å². The van der Waals surface area contributed by atoms with Gasteiger partial charge in [-0.1, -0.05) is 22.4 Å². The largest absolute Gasteiger partial charge is 0.330 e. The van der Waals surface area contributed by atoms with Gasteiger partial charge in [0.25, 0.3) is 0 Å². The zero-order chi connectivity index (χ0) is 12.8. The molecular weight excluding hydrogens is 293 g/mol. The lowest BCUT2D eigenvalue weighted by Gasteiger charge is -2.37. The number of fused-ring (bicyclic) bond motifs is 2. The maximum Gasteiger partial charge on any atom is 0.126 e. The summed E-state index contributed by atoms with van der Waals surface area (Å²) in [6.45, 7) is 0.695. The molecule has 1 aromatic rings. The van der Waals surface area contributed by atoms with Crippen LogP contribution in [0.3, 0.4) is 0 Å². The van der Waals surface area contributed by atoms with Crippen molar-refractivity contribution in [3.05, 3.63) is 34.1 Å². The van der Waals surface area contributed by atoms with E-state index in [9.17, 15) is 4.39 Å². The molecule has 3 unspecified atom stereocenters. The van der Waals surface area contributed by atoms with E-state index in [1.807, 2.05) is 6.07 Å². The Balaban J connectivity index is 1.88. The summed E-state index contributed by atoms with van der Waals surface area (Å²) < 4.78 is 14.9. The zero-order valence-electron chi connectivity index (χ0n) is 10.5. The number of hydrogen-bond acceptors (Lipinski definition) is 1. The van der Waals surface area contributed by atoms with Crippen molar-refractivity contribution in [1.82, 2.24) is 0 Å². The molecule has 18 heavy (non-hydrogen) atoms. The maximum absolute atomic E-state index is 13.9. The van der Waals surface area contributed by atoms with Gasteiger partial charge in [0.2, 0.25) is 0 Å². The Morgan fingerprint density at radius 1 is 1.39 bits per heavy atom. The fourth-order valence-electron chi connectivity index (χ4n) is 4.15. The van der Waals surface area contributed by atoms with Crippen LogP contribution in [0.25, 0.3) is 0 Å². The van der Waals surface area contributed by atoms with Gasteiger partial charge < -0.3 is 5.73 Å². The van der Waals surface area contributed by atoms with Gasteiger partial charge in [0.1, 0.15) is 5.82 Å². The first-order valence-corrected chi connectivity index (χ1v) is 7.56. The molecule has 3 heteroatoms. The van der Waals surface area contributed by atoms with Crippen molar-refractivity contribution in [2.75, 3.05) is 6.54 Å². The summed E-state index contributed by atoms with van der Waals surface area (Å²) in [6, 6.07) is 5.23. The standard InChI is InChI=1S/C15H19BrFN/c16-13-3-4-14(17)11(6-13)8-15(9-18)7-10-1-2-12(15)5-10/h3-4,6,10,12H,1-2,5,7-9,18H2. The van der Waals surface area contributed by atoms with Crippen molar-refractivity contribution in [2.24, 2.45) is 23.0 Å². The molecule has 2 N–H and O–H groups in total. The highest BCUT2D eigenvalue weighted by atomic mass is 79.9. The van der Waals surface area contributed by atoms with Crippen LogP contribution in [0.4, 0.5) is 4.39 Å². The highest BCUT2D eigenvalue weighted by Gasteiger charge is 2.49. The van der Waals surface area contributed by atoms with E-state index in [4.69, 9.17) is 5.73 Å². The molecule has 2 aliphatic rings. The summed E-state index contributed by atoms with van der Waals surface area (Å²) in [4.78, 5) is 0. The normalized spacial score (nSPS) is 34.2. The van der Waals surface area contributed by atoms with Gasteiger partial charge in [-0.2, -0.15) is 0 Å². The number of hydrogen-bond donors (Lipinski definition) is 1. The average Bonchev–Trinajstić information content (AvgIpc) is 2.94. The predicted molar refractivity (Wildman–Crippen MR) is 74.7 cm³/mol. The van der Waals surface area contributed by atoms with Gasteiger partial charge in [0.05, 0.1) is 0 Å². The smallest absolute Gasteiger partial charge is 0.126 e. The van der Waals surface area contributed by atoms with Crippen LogP contribution in [-0.2, 0) is 6.42 Å². The lowest BCUT2D eigenvalue weighted by atomic mass is 9.69. The monoisotopic (exact) mass is 311 g/mol. The molecule has 2 bridgehead atoms. The lowest BCUT2D eigenvalue weighted by Crippen LogP contribution is -2.38. The molecule has 3 atom stereocenters. The van der Waals surface area contributed by atoms with Crippen molar-refractivity contribution < 1.29 is 4.39 Å². The van der Waals surface area contributed by atoms with E-state index in [2.05, 4.69) is 15.9 Å². The fourth-order valence-corrected chi connectivity index (χ4v) is 4.56. The summed E-state index contributed by atoms with van der Waals surface area (Å²) >= 11 is 3.43. The van der Waals surface area contributed by atoms with Gasteiger partial charge in [0, 0.05) is 4.47 Å². The second-order valence-electron chi connectivity index (χ2n) is 6.06. The fraction of sp³-hybridized carbons (Fsp3) is 0.600. The summed E-state index contributed by atoms with van der Waals surface area (Å²) in [5.74, 6) is 1.47. The molecule has 2 saturated carbocycles. The van der Waals surface area contributed by atoms with Crippen LogP contribution in [-0.4, -0.2) is 6.54 Å². The molecule has 0 aromatic heterocycles. The van der Waals surface area contributed by atoms with Gasteiger partial charge in [-0.05, 0) is 73.2 Å². The molecule has 0 heterocycles. The Bertz CT molecular complexity index is 462. The molecule has 3 rings (SSSR count). The van der Waals surface area contributed by atoms with Crippen LogP contribution < -0.4 is 5.73 Å². The van der Waals surface area contributed by atoms with Gasteiger partial charge in [0.15, 0.2) is 0 Å². The summed E-state index contributed by atoms with van der Waals surface area (Å²) in [7, 11) is 0. The maximum atomic E-state index is 13.9. The van der Waals surface area contributed by atoms with Gasteiger partial charge in [-0.3, -0.25) is 0 Å². The summed E-state index contributed by atoms with van der Waals surface area (Å²) in [6.07, 6.45) is 5.95. The number of rotatable bonds is 3. The van der Waals surface area contributed by atoms with Crippen LogP contribution in [0.2, 0.25) is 0 Å². The molecule has 0 radical (unpaired) electrons. The summed E-state index contributed by atoms with van der Waals surface area (Å²) in [5, 5.41) is 0. The van der Waals surface area contributed by atoms with Crippen LogP contribution >= 0.6 is 15.9 Å². The van der Waals surface area contributed by atoms with Crippen molar-refractivity contribution in [1.29, 1.82) is 0 Å². The highest BCUT2D eigenvalue weighted by Crippen LogP contribution is 2.56. The molecule has 0 spiro atoms. The molecule has 0 aliphatic heterocycles. The quantitative estimate of drug-likeness (QED) is 0.900. The first-order valence-electron chi connectivity index (χ1n) is 6.77. The highest BCUT2D eigenvalue weighted by molar-refractivity contribution is 9.10. The number of benzene rings is 1. The molecule has 98 valence electrons. The topological polar surface area (TPSA) is 26.0 Å². The first kappa shape index (κ1) is 12.6. The van der Waals surface area contributed by atoms with E-state index in [1.54, 1.807) is 12.1 Å². The third-order valence-electron chi connectivity index (χ3n) is 5.06. The van der Waals surface area contributed by atoms with E-state index in [0.717, 1.165) is 22.4 Å². The van der Waals surface area contributed by atoms with Crippen LogP contribution in [0, 0.1) is 23.1 Å². The molecule has 1 aromatic carbocycles. The molecular formula is C15H19BrFN. The van der Waals surface area contributed by atoms with Crippen LogP contribution in [0.5, 0.6) is 0 Å². The zero-order valence-corrected chi connectivity index (χ0v) is 12.0. The van der Waals surface area contributed by atoms with E-state index in [0.29, 0.717) is 12.5 Å². The molecule has 1 nitrogen and oxygen atoms in total. The van der Waals surface area contributed by atoms with E-state index in [1.165, 1.54) is 25.7 Å². The molecule has 0 saturated heterocycles. The minimum atomic E-state index is -0.0891. The SMILES string of the molecule is NCC1(Cc2cc(Br)ccc2F)CC2CCC1C2. The van der Waals surface area contributed by atoms with Crippen molar-refractivity contribution >= 4 is 15.9 Å². The van der Waals surface area contributed by atoms with Crippen LogP contribution in [0.15, 0.2) is 22.7 Å². The van der Waals surface area contributed by atoms with Crippen molar-refractivity contribution in [3.8, 4) is 0 Å². The lowest BCUT2D eigenvalue weighted by molar-refractivity contribution is 0.170. The van der Waals surface area contributed by atoms with E-state index < -0.39 is 0 Å². The number of halogens is 2. The Morgan fingerprint density at radius 2 is 2.22 bits per heavy atom. The van der Waals surface area contributed by atoms with E-state index >= 15 is 0 Å². The van der Waals surface area contributed by atoms with Gasteiger partial charge in [-0.25, -0.2) is 4.39 Å². The van der Waals surface area contributed by atoms with Gasteiger partial charge >= 0.3 is 0 Å². The molecule has 0 amide bonds. The Labute approximate surface area is 116 Å². The average molecular weight is 312 g/mol. The minimum absolute atomic E-state index is 0.0891. The third-order valence-corrected chi connectivity index (χ3v) is 5.55. The first-order chi connectivity index (χ1) is 8.63. The third kappa shape index (κ3) is 2.01. The second-order valence-corrected chi connectivity index (χ2v) is 6.97.